The van der Waals surface area contributed by atoms with E-state index in [4.69, 9.17) is 12.2 Å². The Kier molecular flexibility index (Phi) is 3.78. The second-order valence-electron chi connectivity index (χ2n) is 3.30. The standard InChI is InChI=1S/C10H16S/c1-9-5-2-3-6-10(9)7-4-8-11/h8H,2-7H2,1H3. The van der Waals surface area contributed by atoms with E-state index in [1.807, 2.05) is 5.37 Å². The molecule has 0 spiro atoms. The average molecular weight is 168 g/mol. The van der Waals surface area contributed by atoms with E-state index in [0.717, 1.165) is 6.42 Å². The quantitative estimate of drug-likeness (QED) is 0.458. The average Bonchev–Trinajstić information content (AvgIpc) is 2.03. The molecule has 0 fully saturated rings. The monoisotopic (exact) mass is 168 g/mol. The van der Waals surface area contributed by atoms with E-state index in [0.29, 0.717) is 0 Å². The van der Waals surface area contributed by atoms with E-state index in [2.05, 4.69) is 6.92 Å². The van der Waals surface area contributed by atoms with Gasteiger partial charge in [-0.2, -0.15) is 0 Å². The minimum absolute atomic E-state index is 1.09. The van der Waals surface area contributed by atoms with Crippen molar-refractivity contribution in [2.75, 3.05) is 0 Å². The fraction of sp³-hybridized carbons (Fsp3) is 0.700. The van der Waals surface area contributed by atoms with Gasteiger partial charge in [-0.05, 0) is 50.8 Å². The van der Waals surface area contributed by atoms with Crippen LogP contribution >= 0.6 is 12.2 Å². The molecule has 0 atom stereocenters. The van der Waals surface area contributed by atoms with Crippen molar-refractivity contribution in [1.29, 1.82) is 0 Å². The number of hydrogen-bond acceptors (Lipinski definition) is 1. The maximum absolute atomic E-state index is 4.81. The smallest absolute Gasteiger partial charge is 0.0207 e. The molecule has 0 heterocycles. The molecule has 0 aliphatic heterocycles. The third-order valence-corrected chi connectivity index (χ3v) is 2.68. The summed E-state index contributed by atoms with van der Waals surface area (Å²) in [6, 6.07) is 0. The van der Waals surface area contributed by atoms with Crippen molar-refractivity contribution in [3.8, 4) is 0 Å². The van der Waals surface area contributed by atoms with E-state index < -0.39 is 0 Å². The third-order valence-electron chi connectivity index (χ3n) is 2.45. The van der Waals surface area contributed by atoms with Crippen molar-refractivity contribution in [1.82, 2.24) is 0 Å². The number of hydrogen-bond donors (Lipinski definition) is 0. The summed E-state index contributed by atoms with van der Waals surface area (Å²) in [4.78, 5) is 0. The van der Waals surface area contributed by atoms with Gasteiger partial charge in [-0.25, -0.2) is 0 Å². The van der Waals surface area contributed by atoms with Crippen LogP contribution in [0.3, 0.4) is 0 Å². The fourth-order valence-corrected chi connectivity index (χ4v) is 1.81. The Bertz CT molecular complexity index is 168. The molecule has 0 bridgehead atoms. The molecule has 1 aliphatic carbocycles. The summed E-state index contributed by atoms with van der Waals surface area (Å²) in [7, 11) is 0. The molecule has 0 radical (unpaired) electrons. The lowest BCUT2D eigenvalue weighted by atomic mass is 9.90. The Morgan fingerprint density at radius 2 is 2.09 bits per heavy atom. The zero-order chi connectivity index (χ0) is 8.10. The summed E-state index contributed by atoms with van der Waals surface area (Å²) in [6.45, 7) is 2.28. The minimum Gasteiger partial charge on any atom is -0.0935 e. The lowest BCUT2D eigenvalue weighted by Gasteiger charge is -2.16. The van der Waals surface area contributed by atoms with Crippen LogP contribution in [0, 0.1) is 0 Å². The van der Waals surface area contributed by atoms with Crippen LogP contribution in [0.1, 0.15) is 45.4 Å². The van der Waals surface area contributed by atoms with Crippen LogP contribution in [0.4, 0.5) is 0 Å². The highest BCUT2D eigenvalue weighted by Gasteiger charge is 2.07. The first-order chi connectivity index (χ1) is 5.34. The van der Waals surface area contributed by atoms with E-state index in [1.54, 1.807) is 11.1 Å². The summed E-state index contributed by atoms with van der Waals surface area (Å²) in [6.07, 6.45) is 7.75. The van der Waals surface area contributed by atoms with Crippen LogP contribution in [0.15, 0.2) is 11.1 Å². The minimum atomic E-state index is 1.09. The van der Waals surface area contributed by atoms with Crippen LogP contribution in [0.25, 0.3) is 0 Å². The fourth-order valence-electron chi connectivity index (χ4n) is 1.69. The molecule has 1 heteroatoms. The van der Waals surface area contributed by atoms with Crippen molar-refractivity contribution in [2.45, 2.75) is 45.4 Å². The maximum Gasteiger partial charge on any atom is -0.0207 e. The van der Waals surface area contributed by atoms with Crippen LogP contribution in [-0.4, -0.2) is 5.37 Å². The van der Waals surface area contributed by atoms with Gasteiger partial charge in [0.2, 0.25) is 0 Å². The molecule has 0 unspecified atom stereocenters. The van der Waals surface area contributed by atoms with E-state index >= 15 is 0 Å². The van der Waals surface area contributed by atoms with Gasteiger partial charge in [0, 0.05) is 0 Å². The van der Waals surface area contributed by atoms with Crippen molar-refractivity contribution < 1.29 is 0 Å². The zero-order valence-electron chi connectivity index (χ0n) is 7.23. The second kappa shape index (κ2) is 4.66. The van der Waals surface area contributed by atoms with Gasteiger partial charge in [-0.3, -0.25) is 0 Å². The predicted molar refractivity (Wildman–Crippen MR) is 54.1 cm³/mol. The Balaban J connectivity index is 2.45. The highest BCUT2D eigenvalue weighted by molar-refractivity contribution is 7.78. The van der Waals surface area contributed by atoms with Crippen LogP contribution in [-0.2, 0) is 0 Å². The molecule has 11 heavy (non-hydrogen) atoms. The third kappa shape index (κ3) is 2.74. The SMILES string of the molecule is CC1=C(CCC=S)CCCC1. The molecule has 62 valence electrons. The van der Waals surface area contributed by atoms with E-state index in [-0.39, 0.29) is 0 Å². The normalized spacial score (nSPS) is 18.6. The molecule has 0 amide bonds. The predicted octanol–water partition coefficient (Wildman–Crippen LogP) is 3.66. The van der Waals surface area contributed by atoms with Gasteiger partial charge < -0.3 is 0 Å². The lowest BCUT2D eigenvalue weighted by Crippen LogP contribution is -1.97. The van der Waals surface area contributed by atoms with Gasteiger partial charge in [-0.15, -0.1) is 0 Å². The van der Waals surface area contributed by atoms with Crippen molar-refractivity contribution in [2.24, 2.45) is 0 Å². The summed E-state index contributed by atoms with van der Waals surface area (Å²) < 4.78 is 0. The molecule has 0 saturated heterocycles. The molecule has 0 aromatic heterocycles. The summed E-state index contributed by atoms with van der Waals surface area (Å²) in [5.74, 6) is 0. The maximum atomic E-state index is 4.81. The Morgan fingerprint density at radius 1 is 1.36 bits per heavy atom. The number of allylic oxidation sites excluding steroid dienone is 2. The summed E-state index contributed by atoms with van der Waals surface area (Å²) >= 11 is 4.81. The topological polar surface area (TPSA) is 0 Å². The highest BCUT2D eigenvalue weighted by Crippen LogP contribution is 2.26. The molecule has 0 aromatic rings. The zero-order valence-corrected chi connectivity index (χ0v) is 8.04. The summed E-state index contributed by atoms with van der Waals surface area (Å²) in [5.41, 5.74) is 3.31. The Morgan fingerprint density at radius 3 is 2.73 bits per heavy atom. The van der Waals surface area contributed by atoms with Gasteiger partial charge in [0.25, 0.3) is 0 Å². The van der Waals surface area contributed by atoms with Gasteiger partial charge in [-0.1, -0.05) is 23.4 Å². The Labute approximate surface area is 74.7 Å². The molecule has 0 saturated carbocycles. The lowest BCUT2D eigenvalue weighted by molar-refractivity contribution is 0.652. The van der Waals surface area contributed by atoms with Crippen LogP contribution in [0.5, 0.6) is 0 Å². The molecule has 0 N–H and O–H groups in total. The largest absolute Gasteiger partial charge is 0.0935 e. The Hall–Kier alpha value is -0.170. The van der Waals surface area contributed by atoms with Crippen LogP contribution in [0.2, 0.25) is 0 Å². The first-order valence-corrected chi connectivity index (χ1v) is 4.93. The van der Waals surface area contributed by atoms with Crippen molar-refractivity contribution >= 4 is 17.6 Å². The second-order valence-corrected chi connectivity index (χ2v) is 3.63. The molecular formula is C10H16S. The van der Waals surface area contributed by atoms with Crippen molar-refractivity contribution in [3.05, 3.63) is 11.1 Å². The highest BCUT2D eigenvalue weighted by atomic mass is 32.1. The molecule has 0 aromatic carbocycles. The van der Waals surface area contributed by atoms with Crippen LogP contribution < -0.4 is 0 Å². The van der Waals surface area contributed by atoms with Gasteiger partial charge in [0.1, 0.15) is 0 Å². The first kappa shape index (κ1) is 8.92. The summed E-state index contributed by atoms with van der Waals surface area (Å²) in [5, 5.41) is 1.86. The van der Waals surface area contributed by atoms with E-state index in [1.165, 1.54) is 32.1 Å². The van der Waals surface area contributed by atoms with Gasteiger partial charge >= 0.3 is 0 Å². The van der Waals surface area contributed by atoms with Crippen molar-refractivity contribution in [3.63, 3.8) is 0 Å². The molecule has 0 nitrogen and oxygen atoms in total. The number of rotatable bonds is 3. The van der Waals surface area contributed by atoms with Gasteiger partial charge in [0.05, 0.1) is 0 Å². The first-order valence-electron chi connectivity index (χ1n) is 4.45. The van der Waals surface area contributed by atoms with E-state index in [9.17, 15) is 0 Å². The number of thiocarbonyl (C=S) groups is 1. The van der Waals surface area contributed by atoms with Gasteiger partial charge in [0.15, 0.2) is 0 Å². The molecule has 1 rings (SSSR count). The molecular weight excluding hydrogens is 152 g/mol. The molecule has 1 aliphatic rings.